The van der Waals surface area contributed by atoms with Crippen molar-refractivity contribution in [2.75, 3.05) is 18.5 Å². The van der Waals surface area contributed by atoms with Gasteiger partial charge in [-0.1, -0.05) is 24.6 Å². The molecular formula is C15H25ClN2. The Morgan fingerprint density at radius 1 is 1.28 bits per heavy atom. The fourth-order valence-electron chi connectivity index (χ4n) is 2.17. The van der Waals surface area contributed by atoms with Crippen molar-refractivity contribution in [1.82, 2.24) is 5.32 Å². The molecule has 0 aliphatic rings. The van der Waals surface area contributed by atoms with Crippen LogP contribution in [-0.2, 0) is 0 Å². The molecule has 1 N–H and O–H groups in total. The van der Waals surface area contributed by atoms with Crippen LogP contribution in [0.2, 0.25) is 5.02 Å². The third-order valence-corrected chi connectivity index (χ3v) is 4.01. The second kappa shape index (κ2) is 7.01. The van der Waals surface area contributed by atoms with Crippen LogP contribution in [0, 0.1) is 0 Å². The average Bonchev–Trinajstić information content (AvgIpc) is 2.38. The van der Waals surface area contributed by atoms with E-state index in [0.29, 0.717) is 6.04 Å². The number of hydrogen-bond acceptors (Lipinski definition) is 2. The van der Waals surface area contributed by atoms with Gasteiger partial charge in [0, 0.05) is 29.3 Å². The molecular weight excluding hydrogens is 244 g/mol. The summed E-state index contributed by atoms with van der Waals surface area (Å²) in [4.78, 5) is 2.39. The molecule has 1 rings (SSSR count). The van der Waals surface area contributed by atoms with E-state index < -0.39 is 0 Å². The Morgan fingerprint density at radius 3 is 2.39 bits per heavy atom. The lowest BCUT2D eigenvalue weighted by molar-refractivity contribution is 0.628. The first-order valence-electron chi connectivity index (χ1n) is 6.78. The van der Waals surface area contributed by atoms with Crippen molar-refractivity contribution < 1.29 is 0 Å². The predicted molar refractivity (Wildman–Crippen MR) is 81.7 cm³/mol. The fraction of sp³-hybridized carbons (Fsp3) is 0.600. The molecule has 1 aromatic carbocycles. The van der Waals surface area contributed by atoms with E-state index in [9.17, 15) is 0 Å². The summed E-state index contributed by atoms with van der Waals surface area (Å²) >= 11 is 6.39. The number of anilines is 1. The lowest BCUT2D eigenvalue weighted by atomic mass is 10.1. The highest BCUT2D eigenvalue weighted by Crippen LogP contribution is 2.29. The molecule has 2 atom stereocenters. The quantitative estimate of drug-likeness (QED) is 0.830. The van der Waals surface area contributed by atoms with E-state index in [2.05, 4.69) is 56.1 Å². The van der Waals surface area contributed by atoms with Gasteiger partial charge in [0.15, 0.2) is 0 Å². The molecule has 0 aliphatic carbocycles. The van der Waals surface area contributed by atoms with E-state index in [1.807, 2.05) is 7.05 Å². The molecule has 2 unspecified atom stereocenters. The van der Waals surface area contributed by atoms with E-state index in [1.165, 1.54) is 5.69 Å². The number of benzene rings is 1. The molecule has 18 heavy (non-hydrogen) atoms. The highest BCUT2D eigenvalue weighted by Gasteiger charge is 2.14. The lowest BCUT2D eigenvalue weighted by Gasteiger charge is -2.30. The number of rotatable bonds is 6. The summed E-state index contributed by atoms with van der Waals surface area (Å²) in [6.07, 6.45) is 1.14. The fourth-order valence-corrected chi connectivity index (χ4v) is 2.51. The summed E-state index contributed by atoms with van der Waals surface area (Å²) in [6, 6.07) is 7.21. The van der Waals surface area contributed by atoms with Crippen LogP contribution in [0.15, 0.2) is 18.2 Å². The number of nitrogens with one attached hydrogen (secondary N) is 1. The van der Waals surface area contributed by atoms with Gasteiger partial charge in [-0.3, -0.25) is 0 Å². The number of hydrogen-bond donors (Lipinski definition) is 1. The van der Waals surface area contributed by atoms with Crippen molar-refractivity contribution in [2.24, 2.45) is 0 Å². The van der Waals surface area contributed by atoms with Gasteiger partial charge in [0.25, 0.3) is 0 Å². The minimum Gasteiger partial charge on any atom is -0.369 e. The molecule has 3 heteroatoms. The van der Waals surface area contributed by atoms with Crippen molar-refractivity contribution in [3.05, 3.63) is 28.8 Å². The van der Waals surface area contributed by atoms with E-state index in [4.69, 9.17) is 11.6 Å². The van der Waals surface area contributed by atoms with Crippen molar-refractivity contribution in [3.8, 4) is 0 Å². The molecule has 0 radical (unpaired) electrons. The molecule has 0 heterocycles. The molecule has 0 spiro atoms. The molecule has 0 fully saturated rings. The molecule has 0 aromatic heterocycles. The Labute approximate surface area is 116 Å². The largest absolute Gasteiger partial charge is 0.369 e. The first-order chi connectivity index (χ1) is 8.54. The van der Waals surface area contributed by atoms with Crippen molar-refractivity contribution >= 4 is 17.3 Å². The topological polar surface area (TPSA) is 15.3 Å². The average molecular weight is 269 g/mol. The molecule has 102 valence electrons. The van der Waals surface area contributed by atoms with Gasteiger partial charge < -0.3 is 10.2 Å². The first kappa shape index (κ1) is 15.3. The van der Waals surface area contributed by atoms with Crippen LogP contribution in [0.4, 0.5) is 5.69 Å². The zero-order valence-corrected chi connectivity index (χ0v) is 12.9. The van der Waals surface area contributed by atoms with E-state index >= 15 is 0 Å². The highest BCUT2D eigenvalue weighted by atomic mass is 35.5. The second-order valence-corrected chi connectivity index (χ2v) is 5.17. The van der Waals surface area contributed by atoms with Crippen LogP contribution in [0.5, 0.6) is 0 Å². The van der Waals surface area contributed by atoms with E-state index in [0.717, 1.165) is 23.6 Å². The van der Waals surface area contributed by atoms with Gasteiger partial charge in [-0.2, -0.15) is 0 Å². The Hall–Kier alpha value is -0.730. The Bertz CT molecular complexity index is 379. The monoisotopic (exact) mass is 268 g/mol. The molecule has 0 saturated heterocycles. The second-order valence-electron chi connectivity index (χ2n) is 4.76. The molecule has 0 saturated carbocycles. The molecule has 0 amide bonds. The van der Waals surface area contributed by atoms with Gasteiger partial charge in [0.05, 0.1) is 0 Å². The van der Waals surface area contributed by atoms with Gasteiger partial charge in [-0.15, -0.1) is 0 Å². The Balaban J connectivity index is 3.02. The van der Waals surface area contributed by atoms with Crippen molar-refractivity contribution in [1.29, 1.82) is 0 Å². The van der Waals surface area contributed by atoms with Crippen LogP contribution < -0.4 is 10.2 Å². The van der Waals surface area contributed by atoms with Gasteiger partial charge in [-0.05, 0) is 51.9 Å². The summed E-state index contributed by atoms with van der Waals surface area (Å²) in [6.45, 7) is 9.78. The normalized spacial score (nSPS) is 14.3. The maximum atomic E-state index is 6.39. The summed E-state index contributed by atoms with van der Waals surface area (Å²) in [5.41, 5.74) is 2.37. The van der Waals surface area contributed by atoms with Gasteiger partial charge in [-0.25, -0.2) is 0 Å². The lowest BCUT2D eigenvalue weighted by Crippen LogP contribution is -2.32. The number of halogens is 1. The standard InChI is InChI=1S/C15H25ClN2/c1-6-11(3)18(7-2)13-8-9-14(12(4)17-5)15(16)10-13/h8-12,17H,6-7H2,1-5H3. The molecule has 2 nitrogen and oxygen atoms in total. The third kappa shape index (κ3) is 3.39. The van der Waals surface area contributed by atoms with E-state index in [1.54, 1.807) is 0 Å². The van der Waals surface area contributed by atoms with Gasteiger partial charge in [0.1, 0.15) is 0 Å². The van der Waals surface area contributed by atoms with Crippen LogP contribution >= 0.6 is 11.6 Å². The minimum absolute atomic E-state index is 0.283. The van der Waals surface area contributed by atoms with Crippen LogP contribution in [0.25, 0.3) is 0 Å². The Kier molecular flexibility index (Phi) is 5.97. The number of nitrogens with zero attached hydrogens (tertiary/aromatic N) is 1. The van der Waals surface area contributed by atoms with Gasteiger partial charge >= 0.3 is 0 Å². The summed E-state index contributed by atoms with van der Waals surface area (Å²) in [5, 5.41) is 4.06. The van der Waals surface area contributed by atoms with Gasteiger partial charge in [0.2, 0.25) is 0 Å². The summed E-state index contributed by atoms with van der Waals surface area (Å²) in [7, 11) is 1.95. The minimum atomic E-state index is 0.283. The SMILES string of the molecule is CCC(C)N(CC)c1ccc(C(C)NC)c(Cl)c1. The van der Waals surface area contributed by atoms with Crippen LogP contribution in [-0.4, -0.2) is 19.6 Å². The summed E-state index contributed by atoms with van der Waals surface area (Å²) < 4.78 is 0. The van der Waals surface area contributed by atoms with Crippen LogP contribution in [0.3, 0.4) is 0 Å². The first-order valence-corrected chi connectivity index (χ1v) is 7.16. The maximum Gasteiger partial charge on any atom is 0.0474 e. The summed E-state index contributed by atoms with van der Waals surface area (Å²) in [5.74, 6) is 0. The zero-order chi connectivity index (χ0) is 13.7. The molecule has 1 aromatic rings. The predicted octanol–water partition coefficient (Wildman–Crippen LogP) is 4.25. The Morgan fingerprint density at radius 2 is 1.94 bits per heavy atom. The maximum absolute atomic E-state index is 6.39. The third-order valence-electron chi connectivity index (χ3n) is 3.68. The molecule has 0 bridgehead atoms. The van der Waals surface area contributed by atoms with Crippen molar-refractivity contribution in [2.45, 2.75) is 46.2 Å². The smallest absolute Gasteiger partial charge is 0.0474 e. The van der Waals surface area contributed by atoms with E-state index in [-0.39, 0.29) is 6.04 Å². The molecule has 0 aliphatic heterocycles. The highest BCUT2D eigenvalue weighted by molar-refractivity contribution is 6.31. The zero-order valence-electron chi connectivity index (χ0n) is 12.1. The van der Waals surface area contributed by atoms with Crippen LogP contribution in [0.1, 0.15) is 45.7 Å². The van der Waals surface area contributed by atoms with Crippen molar-refractivity contribution in [3.63, 3.8) is 0 Å².